The smallest absolute Gasteiger partial charge is 0.339 e. The van der Waals surface area contributed by atoms with Crippen LogP contribution in [0.4, 0.5) is 0 Å². The molecule has 0 fully saturated rings. The van der Waals surface area contributed by atoms with Gasteiger partial charge in [-0.3, -0.25) is 0 Å². The predicted molar refractivity (Wildman–Crippen MR) is 104 cm³/mol. The van der Waals surface area contributed by atoms with E-state index in [9.17, 15) is 9.59 Å². The van der Waals surface area contributed by atoms with Crippen LogP contribution in [0.25, 0.3) is 0 Å². The zero-order valence-corrected chi connectivity index (χ0v) is 16.6. The molecule has 4 heteroatoms. The number of ether oxygens (including phenoxy) is 2. The third-order valence-corrected chi connectivity index (χ3v) is 4.70. The van der Waals surface area contributed by atoms with Crippen LogP contribution < -0.4 is 0 Å². The maximum Gasteiger partial charge on any atom is 0.339 e. The highest BCUT2D eigenvalue weighted by Crippen LogP contribution is 2.15. The van der Waals surface area contributed by atoms with E-state index in [2.05, 4.69) is 20.8 Å². The fraction of sp³-hybridized carbons (Fsp3) is 0.636. The van der Waals surface area contributed by atoms with Crippen LogP contribution in [0.3, 0.4) is 0 Å². The maximum atomic E-state index is 12.4. The summed E-state index contributed by atoms with van der Waals surface area (Å²) in [5.74, 6) is -0.552. The van der Waals surface area contributed by atoms with Gasteiger partial charge >= 0.3 is 11.9 Å². The van der Waals surface area contributed by atoms with Crippen molar-refractivity contribution in [2.45, 2.75) is 72.1 Å². The SMILES string of the molecule is CCCCCCCCOC(=O)c1ccccc1C(=O)OCC(CC)CC. The second kappa shape index (κ2) is 13.4. The van der Waals surface area contributed by atoms with Crippen molar-refractivity contribution in [2.75, 3.05) is 13.2 Å². The fourth-order valence-electron chi connectivity index (χ4n) is 2.76. The van der Waals surface area contributed by atoms with Crippen molar-refractivity contribution in [1.29, 1.82) is 0 Å². The van der Waals surface area contributed by atoms with Gasteiger partial charge in [0.15, 0.2) is 0 Å². The van der Waals surface area contributed by atoms with Gasteiger partial charge in [-0.1, -0.05) is 77.8 Å². The molecular weight excluding hydrogens is 328 g/mol. The third-order valence-electron chi connectivity index (χ3n) is 4.70. The predicted octanol–water partition coefficient (Wildman–Crippen LogP) is 5.80. The minimum absolute atomic E-state index is 0.284. The molecule has 1 aromatic carbocycles. The van der Waals surface area contributed by atoms with E-state index < -0.39 is 11.9 Å². The Bertz CT molecular complexity index is 535. The molecule has 26 heavy (non-hydrogen) atoms. The van der Waals surface area contributed by atoms with E-state index in [0.717, 1.165) is 25.7 Å². The minimum Gasteiger partial charge on any atom is -0.462 e. The maximum absolute atomic E-state index is 12.4. The summed E-state index contributed by atoms with van der Waals surface area (Å²) in [7, 11) is 0. The van der Waals surface area contributed by atoms with E-state index in [4.69, 9.17) is 9.47 Å². The van der Waals surface area contributed by atoms with E-state index in [-0.39, 0.29) is 11.1 Å². The first-order valence-corrected chi connectivity index (χ1v) is 10.1. The Balaban J connectivity index is 2.51. The topological polar surface area (TPSA) is 52.6 Å². The van der Waals surface area contributed by atoms with E-state index in [0.29, 0.717) is 19.1 Å². The molecule has 0 N–H and O–H groups in total. The molecule has 0 atom stereocenters. The average Bonchev–Trinajstić information content (AvgIpc) is 2.67. The summed E-state index contributed by atoms with van der Waals surface area (Å²) in [6.07, 6.45) is 8.73. The third kappa shape index (κ3) is 8.03. The molecule has 146 valence electrons. The molecule has 0 aliphatic carbocycles. The largest absolute Gasteiger partial charge is 0.462 e. The number of hydrogen-bond acceptors (Lipinski definition) is 4. The highest BCUT2D eigenvalue weighted by molar-refractivity contribution is 6.03. The van der Waals surface area contributed by atoms with Crippen LogP contribution in [0.1, 0.15) is 92.9 Å². The molecule has 0 saturated carbocycles. The van der Waals surface area contributed by atoms with Crippen LogP contribution in [0.2, 0.25) is 0 Å². The summed E-state index contributed by atoms with van der Waals surface area (Å²) >= 11 is 0. The van der Waals surface area contributed by atoms with Crippen molar-refractivity contribution in [2.24, 2.45) is 5.92 Å². The molecule has 0 amide bonds. The first kappa shape index (κ1) is 22.2. The summed E-state index contributed by atoms with van der Waals surface area (Å²) < 4.78 is 10.7. The number of hydrogen-bond donors (Lipinski definition) is 0. The van der Waals surface area contributed by atoms with Gasteiger partial charge in [0.2, 0.25) is 0 Å². The molecule has 0 saturated heterocycles. The van der Waals surface area contributed by atoms with Gasteiger partial charge in [-0.2, -0.15) is 0 Å². The number of esters is 2. The Morgan fingerprint density at radius 2 is 1.35 bits per heavy atom. The molecule has 1 aromatic rings. The van der Waals surface area contributed by atoms with Gasteiger partial charge in [0.1, 0.15) is 0 Å². The molecule has 0 aliphatic rings. The zero-order chi connectivity index (χ0) is 19.2. The molecule has 0 aliphatic heterocycles. The molecule has 4 nitrogen and oxygen atoms in total. The average molecular weight is 363 g/mol. The monoisotopic (exact) mass is 362 g/mol. The van der Waals surface area contributed by atoms with Crippen LogP contribution in [0.15, 0.2) is 24.3 Å². The second-order valence-corrected chi connectivity index (χ2v) is 6.73. The summed E-state index contributed by atoms with van der Waals surface area (Å²) in [6.45, 7) is 7.12. The summed E-state index contributed by atoms with van der Waals surface area (Å²) in [6, 6.07) is 6.71. The molecule has 0 heterocycles. The van der Waals surface area contributed by atoms with Crippen LogP contribution in [-0.2, 0) is 9.47 Å². The second-order valence-electron chi connectivity index (χ2n) is 6.73. The van der Waals surface area contributed by atoms with Gasteiger partial charge in [-0.25, -0.2) is 9.59 Å². The first-order chi connectivity index (χ1) is 12.6. The Labute approximate surface area is 158 Å². The lowest BCUT2D eigenvalue weighted by Crippen LogP contribution is -2.17. The number of carbonyl (C=O) groups is 2. The van der Waals surface area contributed by atoms with Crippen LogP contribution in [0, 0.1) is 5.92 Å². The molecular formula is C22H34O4. The Morgan fingerprint density at radius 1 is 0.808 bits per heavy atom. The lowest BCUT2D eigenvalue weighted by Gasteiger charge is -2.14. The van der Waals surface area contributed by atoms with Crippen LogP contribution >= 0.6 is 0 Å². The van der Waals surface area contributed by atoms with Crippen molar-refractivity contribution >= 4 is 11.9 Å². The van der Waals surface area contributed by atoms with E-state index in [1.165, 1.54) is 25.7 Å². The highest BCUT2D eigenvalue weighted by atomic mass is 16.5. The zero-order valence-electron chi connectivity index (χ0n) is 16.6. The van der Waals surface area contributed by atoms with Crippen molar-refractivity contribution < 1.29 is 19.1 Å². The summed E-state index contributed by atoms with van der Waals surface area (Å²) in [4.78, 5) is 24.7. The number of rotatable bonds is 13. The number of benzene rings is 1. The van der Waals surface area contributed by atoms with Crippen molar-refractivity contribution in [3.63, 3.8) is 0 Å². The lowest BCUT2D eigenvalue weighted by molar-refractivity contribution is 0.0408. The van der Waals surface area contributed by atoms with Gasteiger partial charge in [0.25, 0.3) is 0 Å². The van der Waals surface area contributed by atoms with Crippen molar-refractivity contribution in [1.82, 2.24) is 0 Å². The molecule has 0 bridgehead atoms. The number of unbranched alkanes of at least 4 members (excludes halogenated alkanes) is 5. The lowest BCUT2D eigenvalue weighted by atomic mass is 10.0. The normalized spacial score (nSPS) is 10.8. The van der Waals surface area contributed by atoms with E-state index in [1.807, 2.05) is 0 Å². The van der Waals surface area contributed by atoms with E-state index in [1.54, 1.807) is 24.3 Å². The van der Waals surface area contributed by atoms with Gasteiger partial charge in [-0.15, -0.1) is 0 Å². The molecule has 0 unspecified atom stereocenters. The minimum atomic E-state index is -0.455. The van der Waals surface area contributed by atoms with E-state index >= 15 is 0 Å². The number of carbonyl (C=O) groups excluding carboxylic acids is 2. The highest BCUT2D eigenvalue weighted by Gasteiger charge is 2.19. The Hall–Kier alpha value is -1.84. The molecule has 0 spiro atoms. The Morgan fingerprint density at radius 3 is 1.92 bits per heavy atom. The molecule has 1 rings (SSSR count). The fourth-order valence-corrected chi connectivity index (χ4v) is 2.76. The van der Waals surface area contributed by atoms with Crippen LogP contribution in [0.5, 0.6) is 0 Å². The standard InChI is InChI=1S/C22H34O4/c1-4-7-8-9-10-13-16-25-21(23)19-14-11-12-15-20(19)22(24)26-17-18(5-2)6-3/h11-12,14-15,18H,4-10,13,16-17H2,1-3H3. The molecule has 0 aromatic heterocycles. The van der Waals surface area contributed by atoms with Gasteiger partial charge < -0.3 is 9.47 Å². The molecule has 0 radical (unpaired) electrons. The summed E-state index contributed by atoms with van der Waals surface area (Å²) in [5, 5.41) is 0. The van der Waals surface area contributed by atoms with Crippen molar-refractivity contribution in [3.8, 4) is 0 Å². The van der Waals surface area contributed by atoms with Gasteiger partial charge in [0, 0.05) is 0 Å². The first-order valence-electron chi connectivity index (χ1n) is 10.1. The quantitative estimate of drug-likeness (QED) is 0.329. The van der Waals surface area contributed by atoms with Gasteiger partial charge in [-0.05, 0) is 24.5 Å². The van der Waals surface area contributed by atoms with Gasteiger partial charge in [0.05, 0.1) is 24.3 Å². The van der Waals surface area contributed by atoms with Crippen molar-refractivity contribution in [3.05, 3.63) is 35.4 Å². The summed E-state index contributed by atoms with van der Waals surface area (Å²) in [5.41, 5.74) is 0.569. The van der Waals surface area contributed by atoms with Crippen LogP contribution in [-0.4, -0.2) is 25.2 Å². The Kier molecular flexibility index (Phi) is 11.4.